The summed E-state index contributed by atoms with van der Waals surface area (Å²) in [6.07, 6.45) is 1.55. The molecular formula is C12H20N4O2. The molecule has 1 aliphatic heterocycles. The van der Waals surface area contributed by atoms with Gasteiger partial charge in [-0.15, -0.1) is 0 Å². The van der Waals surface area contributed by atoms with Gasteiger partial charge in [0.2, 0.25) is 11.8 Å². The van der Waals surface area contributed by atoms with Gasteiger partial charge in [0.25, 0.3) is 0 Å². The molecule has 1 saturated heterocycles. The minimum absolute atomic E-state index is 0.150. The van der Waals surface area contributed by atoms with Crippen LogP contribution in [0.4, 0.5) is 0 Å². The summed E-state index contributed by atoms with van der Waals surface area (Å²) < 4.78 is 7.07. The number of ether oxygens (including phenoxy) is 1. The predicted octanol–water partition coefficient (Wildman–Crippen LogP) is 0.105. The van der Waals surface area contributed by atoms with Crippen molar-refractivity contribution in [2.24, 2.45) is 7.05 Å². The summed E-state index contributed by atoms with van der Waals surface area (Å²) in [6, 6.07) is 0.250. The van der Waals surface area contributed by atoms with E-state index >= 15 is 0 Å². The van der Waals surface area contributed by atoms with Crippen molar-refractivity contribution >= 4 is 5.91 Å². The van der Waals surface area contributed by atoms with E-state index in [1.807, 2.05) is 14.0 Å². The van der Waals surface area contributed by atoms with Gasteiger partial charge in [0.1, 0.15) is 0 Å². The fraction of sp³-hybridized carbons (Fsp3) is 0.667. The van der Waals surface area contributed by atoms with Crippen LogP contribution in [-0.2, 0) is 18.4 Å². The van der Waals surface area contributed by atoms with Crippen LogP contribution in [0.2, 0.25) is 0 Å². The van der Waals surface area contributed by atoms with Gasteiger partial charge in [-0.25, -0.2) is 4.68 Å². The molecular weight excluding hydrogens is 232 g/mol. The van der Waals surface area contributed by atoms with Crippen molar-refractivity contribution in [2.75, 3.05) is 13.7 Å². The Kier molecular flexibility index (Phi) is 3.86. The number of carbonyl (C=O) groups excluding carboxylic acids is 1. The average Bonchev–Trinajstić information content (AvgIpc) is 2.84. The number of methoxy groups -OCH3 is 1. The molecule has 1 aromatic rings. The van der Waals surface area contributed by atoms with Crippen molar-refractivity contribution in [1.29, 1.82) is 0 Å². The fourth-order valence-corrected chi connectivity index (χ4v) is 2.34. The first kappa shape index (κ1) is 12.9. The second-order valence-electron chi connectivity index (χ2n) is 4.63. The molecule has 2 heterocycles. The molecule has 6 heteroatoms. The van der Waals surface area contributed by atoms with Gasteiger partial charge in [0.05, 0.1) is 18.4 Å². The topological polar surface area (TPSA) is 68.2 Å². The molecule has 1 unspecified atom stereocenters. The van der Waals surface area contributed by atoms with E-state index in [1.54, 1.807) is 11.8 Å². The highest BCUT2D eigenvalue weighted by Crippen LogP contribution is 2.20. The molecule has 1 fully saturated rings. The van der Waals surface area contributed by atoms with Crippen molar-refractivity contribution in [2.45, 2.75) is 32.4 Å². The van der Waals surface area contributed by atoms with E-state index < -0.39 is 0 Å². The lowest BCUT2D eigenvalue weighted by Crippen LogP contribution is -2.35. The number of aryl methyl sites for hydroxylation is 2. The normalized spacial score (nSPS) is 19.1. The van der Waals surface area contributed by atoms with Crippen LogP contribution in [0.5, 0.6) is 5.88 Å². The third-order valence-corrected chi connectivity index (χ3v) is 3.26. The summed E-state index contributed by atoms with van der Waals surface area (Å²) in [5.74, 6) is 0.937. The summed E-state index contributed by atoms with van der Waals surface area (Å²) >= 11 is 0. The van der Waals surface area contributed by atoms with Crippen LogP contribution in [0.25, 0.3) is 0 Å². The molecule has 0 saturated carbocycles. The number of nitrogens with zero attached hydrogens (tertiary/aromatic N) is 2. The lowest BCUT2D eigenvalue weighted by Gasteiger charge is -2.11. The predicted molar refractivity (Wildman–Crippen MR) is 67.4 cm³/mol. The smallest absolute Gasteiger partial charge is 0.220 e. The lowest BCUT2D eigenvalue weighted by molar-refractivity contribution is -0.119. The summed E-state index contributed by atoms with van der Waals surface area (Å²) in [4.78, 5) is 11.1. The molecule has 1 aliphatic rings. The quantitative estimate of drug-likeness (QED) is 0.780. The first-order chi connectivity index (χ1) is 8.61. The van der Waals surface area contributed by atoms with Crippen molar-refractivity contribution in [3.8, 4) is 5.88 Å². The molecule has 1 aromatic heterocycles. The second kappa shape index (κ2) is 5.39. The number of rotatable bonds is 5. The van der Waals surface area contributed by atoms with Crippen molar-refractivity contribution in [3.63, 3.8) is 0 Å². The van der Waals surface area contributed by atoms with Crippen molar-refractivity contribution < 1.29 is 9.53 Å². The zero-order chi connectivity index (χ0) is 13.1. The molecule has 2 N–H and O–H groups in total. The van der Waals surface area contributed by atoms with Gasteiger partial charge in [-0.2, -0.15) is 5.10 Å². The Morgan fingerprint density at radius 1 is 1.61 bits per heavy atom. The first-order valence-corrected chi connectivity index (χ1v) is 6.18. The van der Waals surface area contributed by atoms with Crippen LogP contribution in [-0.4, -0.2) is 35.4 Å². The molecule has 18 heavy (non-hydrogen) atoms. The molecule has 100 valence electrons. The largest absolute Gasteiger partial charge is 0.481 e. The van der Waals surface area contributed by atoms with E-state index in [4.69, 9.17) is 4.74 Å². The lowest BCUT2D eigenvalue weighted by atomic mass is 10.2. The van der Waals surface area contributed by atoms with Gasteiger partial charge in [0.15, 0.2) is 0 Å². The zero-order valence-corrected chi connectivity index (χ0v) is 11.1. The maximum absolute atomic E-state index is 11.1. The van der Waals surface area contributed by atoms with Crippen LogP contribution in [0.15, 0.2) is 0 Å². The van der Waals surface area contributed by atoms with E-state index in [1.165, 1.54) is 0 Å². The molecule has 0 aromatic carbocycles. The van der Waals surface area contributed by atoms with Gasteiger partial charge in [-0.1, -0.05) is 0 Å². The van der Waals surface area contributed by atoms with Crippen LogP contribution in [0, 0.1) is 6.92 Å². The zero-order valence-electron chi connectivity index (χ0n) is 11.1. The molecule has 0 radical (unpaired) electrons. The third-order valence-electron chi connectivity index (χ3n) is 3.26. The fourth-order valence-electron chi connectivity index (χ4n) is 2.34. The number of aromatic nitrogens is 2. The minimum Gasteiger partial charge on any atom is -0.481 e. The molecule has 0 bridgehead atoms. The maximum atomic E-state index is 11.1. The Bertz CT molecular complexity index is 442. The van der Waals surface area contributed by atoms with E-state index in [0.29, 0.717) is 13.0 Å². The Morgan fingerprint density at radius 2 is 2.39 bits per heavy atom. The highest BCUT2D eigenvalue weighted by molar-refractivity contribution is 5.78. The maximum Gasteiger partial charge on any atom is 0.220 e. The molecule has 1 atom stereocenters. The Hall–Kier alpha value is -1.56. The standard InChI is InChI=1S/C12H20N4O2/c1-8-10(12(18-3)16(2)15-8)7-13-6-9-4-5-11(17)14-9/h9,13H,4-7H2,1-3H3,(H,14,17). The number of hydrogen-bond acceptors (Lipinski definition) is 4. The average molecular weight is 252 g/mol. The summed E-state index contributed by atoms with van der Waals surface area (Å²) in [5, 5.41) is 10.6. The van der Waals surface area contributed by atoms with Crippen LogP contribution in [0.3, 0.4) is 0 Å². The van der Waals surface area contributed by atoms with E-state index in [0.717, 1.165) is 30.1 Å². The van der Waals surface area contributed by atoms with Gasteiger partial charge < -0.3 is 15.4 Å². The summed E-state index contributed by atoms with van der Waals surface area (Å²) in [6.45, 7) is 3.45. The number of hydrogen-bond donors (Lipinski definition) is 2. The van der Waals surface area contributed by atoms with Crippen LogP contribution in [0.1, 0.15) is 24.1 Å². The minimum atomic E-state index is 0.150. The van der Waals surface area contributed by atoms with Crippen molar-refractivity contribution in [3.05, 3.63) is 11.3 Å². The van der Waals surface area contributed by atoms with Crippen molar-refractivity contribution in [1.82, 2.24) is 20.4 Å². The number of amides is 1. The second-order valence-corrected chi connectivity index (χ2v) is 4.63. The molecule has 2 rings (SSSR count). The van der Waals surface area contributed by atoms with Crippen LogP contribution < -0.4 is 15.4 Å². The van der Waals surface area contributed by atoms with Gasteiger partial charge in [-0.05, 0) is 13.3 Å². The Morgan fingerprint density at radius 3 is 3.00 bits per heavy atom. The van der Waals surface area contributed by atoms with E-state index in [9.17, 15) is 4.79 Å². The highest BCUT2D eigenvalue weighted by Gasteiger charge is 2.20. The molecule has 0 spiro atoms. The molecule has 1 amide bonds. The summed E-state index contributed by atoms with van der Waals surface area (Å²) in [5.41, 5.74) is 2.04. The van der Waals surface area contributed by atoms with Crippen LogP contribution >= 0.6 is 0 Å². The SMILES string of the molecule is COc1c(CNCC2CCC(=O)N2)c(C)nn1C. The Labute approximate surface area is 107 Å². The molecule has 0 aliphatic carbocycles. The monoisotopic (exact) mass is 252 g/mol. The van der Waals surface area contributed by atoms with E-state index in [2.05, 4.69) is 15.7 Å². The van der Waals surface area contributed by atoms with Gasteiger partial charge >= 0.3 is 0 Å². The third kappa shape index (κ3) is 2.64. The van der Waals surface area contributed by atoms with Gasteiger partial charge in [-0.3, -0.25) is 4.79 Å². The highest BCUT2D eigenvalue weighted by atomic mass is 16.5. The Balaban J connectivity index is 1.88. The molecule has 6 nitrogen and oxygen atoms in total. The number of nitrogens with one attached hydrogen (secondary N) is 2. The number of carbonyl (C=O) groups is 1. The first-order valence-electron chi connectivity index (χ1n) is 6.18. The van der Waals surface area contributed by atoms with E-state index in [-0.39, 0.29) is 11.9 Å². The van der Waals surface area contributed by atoms with Gasteiger partial charge in [0, 0.05) is 32.6 Å². The summed E-state index contributed by atoms with van der Waals surface area (Å²) in [7, 11) is 3.52.